The standard InChI is InChI=1S/C15H11Cl/c1-10-3-2-4-14-13(10)8-6-11-5-7-12(16)9-15(11)14/h2-9H,1H3. The molecule has 0 aromatic heterocycles. The Bertz CT molecular complexity index is 683. The Kier molecular flexibility index (Phi) is 2.12. The van der Waals surface area contributed by atoms with Gasteiger partial charge in [0.1, 0.15) is 0 Å². The molecule has 0 bridgehead atoms. The van der Waals surface area contributed by atoms with Crippen LogP contribution in [0.5, 0.6) is 0 Å². The fourth-order valence-electron chi connectivity index (χ4n) is 2.22. The molecule has 0 aliphatic heterocycles. The van der Waals surface area contributed by atoms with E-state index in [2.05, 4.69) is 43.3 Å². The van der Waals surface area contributed by atoms with Gasteiger partial charge in [-0.05, 0) is 46.2 Å². The molecule has 3 aromatic carbocycles. The van der Waals surface area contributed by atoms with Gasteiger partial charge >= 0.3 is 0 Å². The highest BCUT2D eigenvalue weighted by Gasteiger charge is 2.02. The van der Waals surface area contributed by atoms with Crippen LogP contribution < -0.4 is 0 Å². The van der Waals surface area contributed by atoms with Crippen LogP contribution in [0.2, 0.25) is 5.02 Å². The van der Waals surface area contributed by atoms with E-state index in [1.165, 1.54) is 27.1 Å². The van der Waals surface area contributed by atoms with Crippen LogP contribution in [0, 0.1) is 6.92 Å². The van der Waals surface area contributed by atoms with Gasteiger partial charge in [-0.15, -0.1) is 0 Å². The van der Waals surface area contributed by atoms with Crippen molar-refractivity contribution in [1.82, 2.24) is 0 Å². The van der Waals surface area contributed by atoms with E-state index in [-0.39, 0.29) is 0 Å². The lowest BCUT2D eigenvalue weighted by atomic mass is 9.99. The lowest BCUT2D eigenvalue weighted by Gasteiger charge is -2.06. The Morgan fingerprint density at radius 2 is 1.62 bits per heavy atom. The third-order valence-corrected chi connectivity index (χ3v) is 3.29. The number of hydrogen-bond donors (Lipinski definition) is 0. The van der Waals surface area contributed by atoms with E-state index in [4.69, 9.17) is 11.6 Å². The van der Waals surface area contributed by atoms with Gasteiger partial charge in [-0.1, -0.05) is 48.0 Å². The van der Waals surface area contributed by atoms with Gasteiger partial charge in [0.05, 0.1) is 0 Å². The molecular formula is C15H11Cl. The minimum atomic E-state index is 0.793. The summed E-state index contributed by atoms with van der Waals surface area (Å²) in [6.07, 6.45) is 0. The maximum absolute atomic E-state index is 6.06. The molecule has 0 saturated carbocycles. The first kappa shape index (κ1) is 9.68. The van der Waals surface area contributed by atoms with E-state index in [0.717, 1.165) is 5.02 Å². The van der Waals surface area contributed by atoms with Crippen LogP contribution in [0.25, 0.3) is 21.5 Å². The second-order valence-corrected chi connectivity index (χ2v) is 4.54. The fourth-order valence-corrected chi connectivity index (χ4v) is 2.39. The van der Waals surface area contributed by atoms with E-state index < -0.39 is 0 Å². The third kappa shape index (κ3) is 1.38. The zero-order valence-electron chi connectivity index (χ0n) is 9.00. The van der Waals surface area contributed by atoms with Crippen molar-refractivity contribution in [1.29, 1.82) is 0 Å². The smallest absolute Gasteiger partial charge is 0.0412 e. The minimum Gasteiger partial charge on any atom is -0.0843 e. The lowest BCUT2D eigenvalue weighted by molar-refractivity contribution is 1.54. The Morgan fingerprint density at radius 3 is 2.50 bits per heavy atom. The van der Waals surface area contributed by atoms with Crippen molar-refractivity contribution in [2.75, 3.05) is 0 Å². The van der Waals surface area contributed by atoms with Gasteiger partial charge < -0.3 is 0 Å². The summed E-state index contributed by atoms with van der Waals surface area (Å²) in [4.78, 5) is 0. The summed E-state index contributed by atoms with van der Waals surface area (Å²) in [7, 11) is 0. The quantitative estimate of drug-likeness (QED) is 0.476. The van der Waals surface area contributed by atoms with Crippen molar-refractivity contribution in [2.45, 2.75) is 6.92 Å². The van der Waals surface area contributed by atoms with Crippen molar-refractivity contribution in [2.24, 2.45) is 0 Å². The molecule has 0 N–H and O–H groups in total. The zero-order valence-corrected chi connectivity index (χ0v) is 9.75. The predicted molar refractivity (Wildman–Crippen MR) is 71.2 cm³/mol. The predicted octanol–water partition coefficient (Wildman–Crippen LogP) is 4.95. The maximum Gasteiger partial charge on any atom is 0.0412 e. The van der Waals surface area contributed by atoms with Crippen molar-refractivity contribution in [3.8, 4) is 0 Å². The summed E-state index contributed by atoms with van der Waals surface area (Å²) in [5.41, 5.74) is 1.30. The lowest BCUT2D eigenvalue weighted by Crippen LogP contribution is -1.80. The van der Waals surface area contributed by atoms with Gasteiger partial charge in [0.15, 0.2) is 0 Å². The normalized spacial score (nSPS) is 11.1. The molecule has 3 rings (SSSR count). The van der Waals surface area contributed by atoms with Gasteiger partial charge in [0, 0.05) is 5.02 Å². The first-order chi connectivity index (χ1) is 7.75. The summed E-state index contributed by atoms with van der Waals surface area (Å²) >= 11 is 6.06. The molecule has 1 heteroatoms. The van der Waals surface area contributed by atoms with Crippen molar-refractivity contribution in [3.05, 3.63) is 59.1 Å². The molecule has 78 valence electrons. The Labute approximate surface area is 99.5 Å². The average molecular weight is 227 g/mol. The largest absolute Gasteiger partial charge is 0.0843 e. The first-order valence-electron chi connectivity index (χ1n) is 5.33. The molecular weight excluding hydrogens is 216 g/mol. The van der Waals surface area contributed by atoms with Crippen LogP contribution in [0.4, 0.5) is 0 Å². The van der Waals surface area contributed by atoms with Crippen LogP contribution in [0.3, 0.4) is 0 Å². The number of rotatable bonds is 0. The van der Waals surface area contributed by atoms with Gasteiger partial charge in [-0.2, -0.15) is 0 Å². The number of halogens is 1. The molecule has 0 aliphatic carbocycles. The van der Waals surface area contributed by atoms with Gasteiger partial charge in [-0.3, -0.25) is 0 Å². The van der Waals surface area contributed by atoms with Crippen LogP contribution in [-0.4, -0.2) is 0 Å². The highest BCUT2D eigenvalue weighted by molar-refractivity contribution is 6.31. The van der Waals surface area contributed by atoms with Crippen LogP contribution in [-0.2, 0) is 0 Å². The highest BCUT2D eigenvalue weighted by atomic mass is 35.5. The second kappa shape index (κ2) is 3.50. The summed E-state index contributed by atoms with van der Waals surface area (Å²) in [6.45, 7) is 2.14. The average Bonchev–Trinajstić information content (AvgIpc) is 2.29. The minimum absolute atomic E-state index is 0.793. The summed E-state index contributed by atoms with van der Waals surface area (Å²) in [5, 5.41) is 5.84. The van der Waals surface area contributed by atoms with Crippen molar-refractivity contribution in [3.63, 3.8) is 0 Å². The van der Waals surface area contributed by atoms with Crippen molar-refractivity contribution >= 4 is 33.1 Å². The van der Waals surface area contributed by atoms with E-state index >= 15 is 0 Å². The van der Waals surface area contributed by atoms with Crippen molar-refractivity contribution < 1.29 is 0 Å². The zero-order chi connectivity index (χ0) is 11.1. The molecule has 3 aromatic rings. The van der Waals surface area contributed by atoms with E-state index in [9.17, 15) is 0 Å². The summed E-state index contributed by atoms with van der Waals surface area (Å²) < 4.78 is 0. The number of hydrogen-bond acceptors (Lipinski definition) is 0. The summed E-state index contributed by atoms with van der Waals surface area (Å²) in [5.74, 6) is 0. The molecule has 0 unspecified atom stereocenters. The molecule has 0 nitrogen and oxygen atoms in total. The van der Waals surface area contributed by atoms with E-state index in [1.807, 2.05) is 12.1 Å². The Balaban J connectivity index is 2.58. The Hall–Kier alpha value is -1.53. The van der Waals surface area contributed by atoms with Gasteiger partial charge in [0.2, 0.25) is 0 Å². The molecule has 0 atom stereocenters. The molecule has 0 spiro atoms. The molecule has 0 fully saturated rings. The monoisotopic (exact) mass is 226 g/mol. The number of fused-ring (bicyclic) bond motifs is 3. The first-order valence-corrected chi connectivity index (χ1v) is 5.71. The molecule has 0 amide bonds. The van der Waals surface area contributed by atoms with E-state index in [1.54, 1.807) is 0 Å². The molecule has 16 heavy (non-hydrogen) atoms. The molecule has 0 radical (unpaired) electrons. The van der Waals surface area contributed by atoms with Crippen LogP contribution in [0.1, 0.15) is 5.56 Å². The molecule has 0 heterocycles. The third-order valence-electron chi connectivity index (χ3n) is 3.06. The van der Waals surface area contributed by atoms with Gasteiger partial charge in [0.25, 0.3) is 0 Å². The topological polar surface area (TPSA) is 0 Å². The maximum atomic E-state index is 6.06. The SMILES string of the molecule is Cc1cccc2c1ccc1ccc(Cl)cc12. The van der Waals surface area contributed by atoms with E-state index in [0.29, 0.717) is 0 Å². The fraction of sp³-hybridized carbons (Fsp3) is 0.0667. The highest BCUT2D eigenvalue weighted by Crippen LogP contribution is 2.29. The van der Waals surface area contributed by atoms with Crippen LogP contribution in [0.15, 0.2) is 48.5 Å². The Morgan fingerprint density at radius 1 is 0.812 bits per heavy atom. The molecule has 0 aliphatic rings. The van der Waals surface area contributed by atoms with Crippen LogP contribution >= 0.6 is 11.6 Å². The molecule has 0 saturated heterocycles. The van der Waals surface area contributed by atoms with Gasteiger partial charge in [-0.25, -0.2) is 0 Å². The number of benzene rings is 3. The summed E-state index contributed by atoms with van der Waals surface area (Å²) in [6, 6.07) is 16.8. The second-order valence-electron chi connectivity index (χ2n) is 4.10. The number of aryl methyl sites for hydroxylation is 1.